The lowest BCUT2D eigenvalue weighted by Crippen LogP contribution is -2.25. The second-order valence-corrected chi connectivity index (χ2v) is 7.26. The summed E-state index contributed by atoms with van der Waals surface area (Å²) in [7, 11) is 0. The highest BCUT2D eigenvalue weighted by molar-refractivity contribution is 8.15. The number of carbonyl (C=O) groups is 2. The van der Waals surface area contributed by atoms with Gasteiger partial charge in [0.1, 0.15) is 0 Å². The number of amides is 2. The van der Waals surface area contributed by atoms with Gasteiger partial charge in [0, 0.05) is 23.6 Å². The summed E-state index contributed by atoms with van der Waals surface area (Å²) in [5.74, 6) is 0.511. The van der Waals surface area contributed by atoms with E-state index in [1.165, 1.54) is 23.7 Å². The van der Waals surface area contributed by atoms with Gasteiger partial charge in [0.2, 0.25) is 5.91 Å². The third kappa shape index (κ3) is 3.29. The van der Waals surface area contributed by atoms with Crippen LogP contribution in [0.2, 0.25) is 0 Å². The molecule has 0 radical (unpaired) electrons. The van der Waals surface area contributed by atoms with Crippen molar-refractivity contribution in [3.63, 3.8) is 0 Å². The van der Waals surface area contributed by atoms with E-state index in [0.29, 0.717) is 12.3 Å². The number of benzene rings is 1. The maximum Gasteiger partial charge on any atom is 0.286 e. The van der Waals surface area contributed by atoms with Crippen LogP contribution >= 0.6 is 11.8 Å². The van der Waals surface area contributed by atoms with Crippen LogP contribution in [0.25, 0.3) is 10.9 Å². The largest absolute Gasteiger partial charge is 0.347 e. The van der Waals surface area contributed by atoms with Gasteiger partial charge in [-0.15, -0.1) is 0 Å². The summed E-state index contributed by atoms with van der Waals surface area (Å²) in [6.45, 7) is 5.49. The maximum atomic E-state index is 11.8. The van der Waals surface area contributed by atoms with Gasteiger partial charge in [-0.1, -0.05) is 50.6 Å². The lowest BCUT2D eigenvalue weighted by Gasteiger charge is -2.15. The maximum absolute atomic E-state index is 11.8. The lowest BCUT2D eigenvalue weighted by atomic mass is 10.0. The molecule has 1 aromatic heterocycles. The van der Waals surface area contributed by atoms with Crippen LogP contribution < -0.4 is 5.32 Å². The van der Waals surface area contributed by atoms with E-state index in [2.05, 4.69) is 48.1 Å². The summed E-state index contributed by atoms with van der Waals surface area (Å²) in [5, 5.41) is 3.00. The molecule has 0 spiro atoms. The predicted molar refractivity (Wildman–Crippen MR) is 94.6 cm³/mol. The monoisotopic (exact) mass is 330 g/mol. The van der Waals surface area contributed by atoms with E-state index in [9.17, 15) is 9.59 Å². The molecule has 1 unspecified atom stereocenters. The number of carbonyl (C=O) groups excluding carboxylic acids is 2. The zero-order chi connectivity index (χ0) is 16.4. The van der Waals surface area contributed by atoms with Crippen LogP contribution in [0, 0.1) is 5.92 Å². The first-order valence-electron chi connectivity index (χ1n) is 8.20. The van der Waals surface area contributed by atoms with E-state index < -0.39 is 0 Å². The highest BCUT2D eigenvalue weighted by Crippen LogP contribution is 2.28. The number of nitrogens with zero attached hydrogens (tertiary/aromatic N) is 1. The summed E-state index contributed by atoms with van der Waals surface area (Å²) < 4.78 is 2.31. The minimum Gasteiger partial charge on any atom is -0.347 e. The molecule has 1 fully saturated rings. The van der Waals surface area contributed by atoms with Crippen molar-refractivity contribution < 1.29 is 9.59 Å². The topological polar surface area (TPSA) is 51.1 Å². The molecule has 1 aliphatic heterocycles. The van der Waals surface area contributed by atoms with Crippen molar-refractivity contribution in [3.05, 3.63) is 36.0 Å². The average molecular weight is 330 g/mol. The molecular formula is C18H22N2O2S. The normalized spacial score (nSPS) is 18.1. The van der Waals surface area contributed by atoms with Gasteiger partial charge in [-0.2, -0.15) is 0 Å². The SMILES string of the molecule is CCC(CC)Cn1ccc2c(CC3SC(=O)NC3=O)cccc21. The molecule has 1 aromatic carbocycles. The smallest absolute Gasteiger partial charge is 0.286 e. The van der Waals surface area contributed by atoms with E-state index in [0.717, 1.165) is 23.9 Å². The van der Waals surface area contributed by atoms with Gasteiger partial charge in [-0.05, 0) is 30.0 Å². The highest BCUT2D eigenvalue weighted by Gasteiger charge is 2.31. The molecule has 1 saturated heterocycles. The Hall–Kier alpha value is -1.75. The van der Waals surface area contributed by atoms with Gasteiger partial charge in [0.15, 0.2) is 0 Å². The molecule has 5 heteroatoms. The van der Waals surface area contributed by atoms with Crippen LogP contribution in [-0.4, -0.2) is 21.0 Å². The van der Waals surface area contributed by atoms with Crippen LogP contribution in [0.15, 0.2) is 30.5 Å². The zero-order valence-electron chi connectivity index (χ0n) is 13.5. The number of hydrogen-bond donors (Lipinski definition) is 1. The summed E-state index contributed by atoms with van der Waals surface area (Å²) in [6, 6.07) is 8.36. The standard InChI is InChI=1S/C18H22N2O2S/c1-3-12(4-2)11-20-9-8-14-13(6-5-7-15(14)20)10-16-17(21)19-18(22)23-16/h5-9,12,16H,3-4,10-11H2,1-2H3,(H,19,21,22). The first kappa shape index (κ1) is 16.1. The Morgan fingerprint density at radius 2 is 2.00 bits per heavy atom. The molecule has 1 atom stereocenters. The fraction of sp³-hybridized carbons (Fsp3) is 0.444. The number of aromatic nitrogens is 1. The molecule has 0 aliphatic carbocycles. The molecular weight excluding hydrogens is 308 g/mol. The first-order chi connectivity index (χ1) is 11.1. The van der Waals surface area contributed by atoms with Gasteiger partial charge in [-0.3, -0.25) is 14.9 Å². The van der Waals surface area contributed by atoms with Crippen LogP contribution in [-0.2, 0) is 17.8 Å². The number of imide groups is 1. The van der Waals surface area contributed by atoms with Gasteiger partial charge in [-0.25, -0.2) is 0 Å². The summed E-state index contributed by atoms with van der Waals surface area (Å²) in [6.07, 6.45) is 5.09. The summed E-state index contributed by atoms with van der Waals surface area (Å²) in [5.41, 5.74) is 2.34. The van der Waals surface area contributed by atoms with Crippen molar-refractivity contribution in [1.29, 1.82) is 0 Å². The van der Waals surface area contributed by atoms with E-state index in [4.69, 9.17) is 0 Å². The number of hydrogen-bond acceptors (Lipinski definition) is 3. The molecule has 23 heavy (non-hydrogen) atoms. The van der Waals surface area contributed by atoms with Gasteiger partial charge in [0.05, 0.1) is 5.25 Å². The Morgan fingerprint density at radius 3 is 2.65 bits per heavy atom. The minimum atomic E-state index is -0.310. The highest BCUT2D eigenvalue weighted by atomic mass is 32.2. The van der Waals surface area contributed by atoms with Gasteiger partial charge in [0.25, 0.3) is 5.24 Å². The third-order valence-corrected chi connectivity index (χ3v) is 5.67. The fourth-order valence-electron chi connectivity index (χ4n) is 3.18. The molecule has 122 valence electrons. The second kappa shape index (κ2) is 6.79. The average Bonchev–Trinajstić information content (AvgIpc) is 3.09. The van der Waals surface area contributed by atoms with Crippen LogP contribution in [0.5, 0.6) is 0 Å². The predicted octanol–water partition coefficient (Wildman–Crippen LogP) is 3.97. The number of nitrogens with one attached hydrogen (secondary N) is 1. The Balaban J connectivity index is 1.86. The van der Waals surface area contributed by atoms with Gasteiger partial charge >= 0.3 is 0 Å². The van der Waals surface area contributed by atoms with Crippen molar-refractivity contribution in [3.8, 4) is 0 Å². The minimum absolute atomic E-state index is 0.173. The van der Waals surface area contributed by atoms with E-state index in [1.54, 1.807) is 0 Å². The summed E-state index contributed by atoms with van der Waals surface area (Å²) in [4.78, 5) is 23.1. The number of thioether (sulfide) groups is 1. The molecule has 0 bridgehead atoms. The van der Waals surface area contributed by atoms with Gasteiger partial charge < -0.3 is 4.57 Å². The van der Waals surface area contributed by atoms with Crippen molar-refractivity contribution >= 4 is 33.8 Å². The Bertz CT molecular complexity index is 734. The Morgan fingerprint density at radius 1 is 1.22 bits per heavy atom. The van der Waals surface area contributed by atoms with E-state index >= 15 is 0 Å². The molecule has 2 heterocycles. The molecule has 0 saturated carbocycles. The first-order valence-corrected chi connectivity index (χ1v) is 9.08. The van der Waals surface area contributed by atoms with E-state index in [-0.39, 0.29) is 16.4 Å². The van der Waals surface area contributed by atoms with Crippen LogP contribution in [0.4, 0.5) is 4.79 Å². The summed E-state index contributed by atoms with van der Waals surface area (Å²) >= 11 is 1.10. The van der Waals surface area contributed by atoms with Crippen molar-refractivity contribution in [2.75, 3.05) is 0 Å². The van der Waals surface area contributed by atoms with Crippen molar-refractivity contribution in [2.24, 2.45) is 5.92 Å². The zero-order valence-corrected chi connectivity index (χ0v) is 14.4. The number of rotatable bonds is 6. The molecule has 1 N–H and O–H groups in total. The molecule has 1 aliphatic rings. The molecule has 3 rings (SSSR count). The Labute approximate surface area is 140 Å². The fourth-order valence-corrected chi connectivity index (χ4v) is 4.02. The molecule has 2 amide bonds. The quantitative estimate of drug-likeness (QED) is 0.872. The van der Waals surface area contributed by atoms with Crippen LogP contribution in [0.3, 0.4) is 0 Å². The van der Waals surface area contributed by atoms with E-state index in [1.807, 2.05) is 6.07 Å². The molecule has 4 nitrogen and oxygen atoms in total. The van der Waals surface area contributed by atoms with Crippen molar-refractivity contribution in [1.82, 2.24) is 9.88 Å². The van der Waals surface area contributed by atoms with Crippen LogP contribution in [0.1, 0.15) is 32.3 Å². The van der Waals surface area contributed by atoms with Crippen molar-refractivity contribution in [2.45, 2.75) is 44.9 Å². The molecule has 2 aromatic rings. The Kier molecular flexibility index (Phi) is 4.76. The second-order valence-electron chi connectivity index (χ2n) is 6.09. The number of fused-ring (bicyclic) bond motifs is 1. The lowest BCUT2D eigenvalue weighted by molar-refractivity contribution is -0.118. The third-order valence-electron chi connectivity index (χ3n) is 4.69.